The highest BCUT2D eigenvalue weighted by Crippen LogP contribution is 2.36. The Bertz CT molecular complexity index is 1480. The summed E-state index contributed by atoms with van der Waals surface area (Å²) in [5.74, 6) is -0.636. The van der Waals surface area contributed by atoms with Crippen molar-refractivity contribution in [1.29, 1.82) is 0 Å². The maximum Gasteiger partial charge on any atom is 0.293 e. The van der Waals surface area contributed by atoms with Gasteiger partial charge in [-0.25, -0.2) is 4.39 Å². The molecule has 0 atom stereocenters. The van der Waals surface area contributed by atoms with Crippen molar-refractivity contribution in [2.75, 3.05) is 0 Å². The Morgan fingerprint density at radius 2 is 1.71 bits per heavy atom. The lowest BCUT2D eigenvalue weighted by molar-refractivity contribution is -0.123. The maximum atomic E-state index is 14.3. The lowest BCUT2D eigenvalue weighted by Gasteiger charge is -2.13. The molecule has 0 unspecified atom stereocenters. The number of thioether (sulfide) groups is 1. The maximum absolute atomic E-state index is 14.3. The molecule has 8 heteroatoms. The number of fused-ring (bicyclic) bond motifs is 1. The summed E-state index contributed by atoms with van der Waals surface area (Å²) in [4.78, 5) is 27.3. The normalized spacial score (nSPS) is 15.1. The molecule has 4 nitrogen and oxygen atoms in total. The van der Waals surface area contributed by atoms with E-state index >= 15 is 0 Å². The number of aromatic nitrogens is 1. The molecular weight excluding hydrogens is 539 g/mol. The quantitative estimate of drug-likeness (QED) is 0.240. The lowest BCUT2D eigenvalue weighted by atomic mass is 10.1. The third-order valence-corrected chi connectivity index (χ3v) is 7.39. The predicted molar refractivity (Wildman–Crippen MR) is 138 cm³/mol. The second kappa shape index (κ2) is 9.41. The SMILES string of the molecule is O=C1S/C(=C\c2cn(Cc3ccccc3F)c3ccc(Br)cc23)C(=O)N1Cc1ccccc1Cl. The van der Waals surface area contributed by atoms with Crippen molar-refractivity contribution >= 4 is 67.4 Å². The summed E-state index contributed by atoms with van der Waals surface area (Å²) in [7, 11) is 0. The van der Waals surface area contributed by atoms with Gasteiger partial charge in [-0.05, 0) is 53.7 Å². The van der Waals surface area contributed by atoms with Crippen LogP contribution in [-0.2, 0) is 17.9 Å². The fourth-order valence-electron chi connectivity index (χ4n) is 3.93. The third-order valence-electron chi connectivity index (χ3n) is 5.62. The molecule has 170 valence electrons. The van der Waals surface area contributed by atoms with E-state index in [-0.39, 0.29) is 23.5 Å². The largest absolute Gasteiger partial charge is 0.342 e. The van der Waals surface area contributed by atoms with Gasteiger partial charge in [0.15, 0.2) is 0 Å². The minimum Gasteiger partial charge on any atom is -0.342 e. The smallest absolute Gasteiger partial charge is 0.293 e. The number of halogens is 3. The van der Waals surface area contributed by atoms with Crippen LogP contribution < -0.4 is 0 Å². The summed E-state index contributed by atoms with van der Waals surface area (Å²) in [6.07, 6.45) is 3.61. The van der Waals surface area contributed by atoms with E-state index in [4.69, 9.17) is 11.6 Å². The fraction of sp³-hybridized carbons (Fsp3) is 0.0769. The zero-order valence-corrected chi connectivity index (χ0v) is 20.8. The van der Waals surface area contributed by atoms with Crippen molar-refractivity contribution in [2.24, 2.45) is 0 Å². The first kappa shape index (κ1) is 22.9. The van der Waals surface area contributed by atoms with Gasteiger partial charge in [0.1, 0.15) is 5.82 Å². The van der Waals surface area contributed by atoms with Crippen molar-refractivity contribution in [2.45, 2.75) is 13.1 Å². The number of nitrogens with zero attached hydrogens (tertiary/aromatic N) is 2. The van der Waals surface area contributed by atoms with E-state index in [1.54, 1.807) is 42.5 Å². The van der Waals surface area contributed by atoms with Crippen LogP contribution in [0, 0.1) is 5.82 Å². The van der Waals surface area contributed by atoms with Crippen LogP contribution >= 0.6 is 39.3 Å². The Morgan fingerprint density at radius 1 is 0.971 bits per heavy atom. The van der Waals surface area contributed by atoms with Crippen LogP contribution in [0.15, 0.2) is 82.3 Å². The van der Waals surface area contributed by atoms with Crippen molar-refractivity contribution in [1.82, 2.24) is 9.47 Å². The number of hydrogen-bond acceptors (Lipinski definition) is 3. The minimum atomic E-state index is -0.361. The molecule has 0 N–H and O–H groups in total. The van der Waals surface area contributed by atoms with Gasteiger partial charge in [0.2, 0.25) is 0 Å². The van der Waals surface area contributed by atoms with Crippen LogP contribution in [0.2, 0.25) is 5.02 Å². The Labute approximate surface area is 213 Å². The average Bonchev–Trinajstić information content (AvgIpc) is 3.28. The summed E-state index contributed by atoms with van der Waals surface area (Å²) in [6, 6.07) is 19.6. The second-order valence-electron chi connectivity index (χ2n) is 7.82. The molecule has 0 saturated carbocycles. The van der Waals surface area contributed by atoms with Gasteiger partial charge in [-0.3, -0.25) is 14.5 Å². The van der Waals surface area contributed by atoms with Gasteiger partial charge in [-0.15, -0.1) is 0 Å². The Morgan fingerprint density at radius 3 is 2.47 bits per heavy atom. The first-order valence-electron chi connectivity index (χ1n) is 10.4. The molecule has 1 fully saturated rings. The highest BCUT2D eigenvalue weighted by molar-refractivity contribution is 9.10. The van der Waals surface area contributed by atoms with E-state index in [0.29, 0.717) is 27.6 Å². The molecule has 0 spiro atoms. The lowest BCUT2D eigenvalue weighted by Crippen LogP contribution is -2.27. The molecule has 0 bridgehead atoms. The Hall–Kier alpha value is -2.87. The molecule has 1 aliphatic heterocycles. The number of carbonyl (C=O) groups excluding carboxylic acids is 2. The first-order chi connectivity index (χ1) is 16.4. The van der Waals surface area contributed by atoms with Crippen molar-refractivity contribution in [3.63, 3.8) is 0 Å². The molecule has 34 heavy (non-hydrogen) atoms. The van der Waals surface area contributed by atoms with E-state index < -0.39 is 0 Å². The standard InChI is InChI=1S/C26H17BrClFN2O2S/c27-19-9-10-23-20(12-19)18(14-30(23)13-17-6-2-4-8-22(17)29)11-24-25(32)31(26(33)34-24)15-16-5-1-3-7-21(16)28/h1-12,14H,13,15H2/b24-11-. The van der Waals surface area contributed by atoms with Gasteiger partial charge in [0, 0.05) is 37.7 Å². The summed E-state index contributed by atoms with van der Waals surface area (Å²) in [5, 5.41) is 1.06. The first-order valence-corrected chi connectivity index (χ1v) is 12.4. The van der Waals surface area contributed by atoms with E-state index in [9.17, 15) is 14.0 Å². The molecule has 1 aliphatic rings. The van der Waals surface area contributed by atoms with Crippen LogP contribution in [0.3, 0.4) is 0 Å². The van der Waals surface area contributed by atoms with Crippen LogP contribution in [-0.4, -0.2) is 20.6 Å². The van der Waals surface area contributed by atoms with E-state index in [1.165, 1.54) is 11.0 Å². The molecule has 5 rings (SSSR count). The molecule has 0 aliphatic carbocycles. The van der Waals surface area contributed by atoms with Crippen LogP contribution in [0.5, 0.6) is 0 Å². The number of hydrogen-bond donors (Lipinski definition) is 0. The summed E-state index contributed by atoms with van der Waals surface area (Å²) >= 11 is 10.6. The van der Waals surface area contributed by atoms with Gasteiger partial charge in [0.25, 0.3) is 11.1 Å². The zero-order valence-electron chi connectivity index (χ0n) is 17.7. The highest BCUT2D eigenvalue weighted by atomic mass is 79.9. The third kappa shape index (κ3) is 4.43. The topological polar surface area (TPSA) is 42.3 Å². The molecular formula is C26H17BrClFN2O2S. The number of carbonyl (C=O) groups is 2. The number of imide groups is 1. The monoisotopic (exact) mass is 554 g/mol. The van der Waals surface area contributed by atoms with E-state index in [2.05, 4.69) is 15.9 Å². The minimum absolute atomic E-state index is 0.113. The van der Waals surface area contributed by atoms with E-state index in [0.717, 1.165) is 32.7 Å². The van der Waals surface area contributed by atoms with Crippen molar-refractivity contribution in [3.8, 4) is 0 Å². The van der Waals surface area contributed by atoms with Crippen LogP contribution in [0.1, 0.15) is 16.7 Å². The van der Waals surface area contributed by atoms with Gasteiger partial charge in [-0.1, -0.05) is 63.9 Å². The van der Waals surface area contributed by atoms with Crippen LogP contribution in [0.4, 0.5) is 9.18 Å². The van der Waals surface area contributed by atoms with Crippen LogP contribution in [0.25, 0.3) is 17.0 Å². The Kier molecular flexibility index (Phi) is 6.34. The molecule has 3 aromatic carbocycles. The van der Waals surface area contributed by atoms with Gasteiger partial charge >= 0.3 is 0 Å². The zero-order chi connectivity index (χ0) is 23.8. The average molecular weight is 556 g/mol. The molecule has 1 saturated heterocycles. The summed E-state index contributed by atoms with van der Waals surface area (Å²) < 4.78 is 17.1. The fourth-order valence-corrected chi connectivity index (χ4v) is 5.31. The van der Waals surface area contributed by atoms with E-state index in [1.807, 2.05) is 35.0 Å². The highest BCUT2D eigenvalue weighted by Gasteiger charge is 2.35. The van der Waals surface area contributed by atoms with Gasteiger partial charge in [0.05, 0.1) is 18.0 Å². The van der Waals surface area contributed by atoms with Crippen molar-refractivity contribution in [3.05, 3.63) is 110 Å². The molecule has 2 amide bonds. The molecule has 4 aromatic rings. The molecule has 0 radical (unpaired) electrons. The molecule has 1 aromatic heterocycles. The van der Waals surface area contributed by atoms with Crippen molar-refractivity contribution < 1.29 is 14.0 Å². The predicted octanol–water partition coefficient (Wildman–Crippen LogP) is 7.48. The number of benzene rings is 3. The summed E-state index contributed by atoms with van der Waals surface area (Å²) in [6.45, 7) is 0.453. The number of amides is 2. The van der Waals surface area contributed by atoms with Gasteiger partial charge in [-0.2, -0.15) is 0 Å². The molecule has 2 heterocycles. The van der Waals surface area contributed by atoms with Gasteiger partial charge < -0.3 is 4.57 Å². The second-order valence-corrected chi connectivity index (χ2v) is 10.1. The summed E-state index contributed by atoms with van der Waals surface area (Å²) in [5.41, 5.74) is 2.94. The number of rotatable bonds is 5. The Balaban J connectivity index is 1.50.